The van der Waals surface area contributed by atoms with Gasteiger partial charge in [-0.2, -0.15) is 0 Å². The highest BCUT2D eigenvalue weighted by Crippen LogP contribution is 2.18. The van der Waals surface area contributed by atoms with Gasteiger partial charge in [0, 0.05) is 45.3 Å². The summed E-state index contributed by atoms with van der Waals surface area (Å²) in [7, 11) is 0. The minimum absolute atomic E-state index is 0.163. The molecule has 0 spiro atoms. The molecule has 3 fully saturated rings. The van der Waals surface area contributed by atoms with Gasteiger partial charge in [-0.3, -0.25) is 14.6 Å². The maximum atomic E-state index is 11.4. The third-order valence-electron chi connectivity index (χ3n) is 3.93. The van der Waals surface area contributed by atoms with Crippen molar-refractivity contribution < 1.29 is 4.79 Å². The zero-order valence-electron chi connectivity index (χ0n) is 11.0. The van der Waals surface area contributed by atoms with Crippen LogP contribution in [0.4, 0.5) is 5.82 Å². The maximum absolute atomic E-state index is 11.4. The number of nitrogens with one attached hydrogen (secondary N) is 1. The molecule has 3 N–H and O–H groups in total. The Morgan fingerprint density at radius 2 is 2.15 bits per heavy atom. The Kier molecular flexibility index (Phi) is 3.73. The van der Waals surface area contributed by atoms with Gasteiger partial charge in [0.15, 0.2) is 11.0 Å². The van der Waals surface area contributed by atoms with Crippen molar-refractivity contribution in [3.63, 3.8) is 0 Å². The SMILES string of the molecule is NC(=O)c1cc(Cl)nnc1NCC1CN2CCN1CC2. The van der Waals surface area contributed by atoms with Gasteiger partial charge in [-0.1, -0.05) is 11.6 Å². The van der Waals surface area contributed by atoms with Crippen LogP contribution in [-0.2, 0) is 0 Å². The zero-order valence-corrected chi connectivity index (χ0v) is 11.8. The molecule has 20 heavy (non-hydrogen) atoms. The molecule has 3 aliphatic heterocycles. The van der Waals surface area contributed by atoms with Gasteiger partial charge in [0.25, 0.3) is 5.91 Å². The highest BCUT2D eigenvalue weighted by Gasteiger charge is 2.31. The molecule has 1 amide bonds. The molecule has 0 aromatic carbocycles. The lowest BCUT2D eigenvalue weighted by atomic mass is 10.1. The molecule has 2 bridgehead atoms. The number of halogens is 1. The van der Waals surface area contributed by atoms with Crippen LogP contribution in [0.25, 0.3) is 0 Å². The van der Waals surface area contributed by atoms with E-state index in [9.17, 15) is 4.79 Å². The average Bonchev–Trinajstić information content (AvgIpc) is 2.47. The molecule has 108 valence electrons. The van der Waals surface area contributed by atoms with E-state index in [1.807, 2.05) is 0 Å². The highest BCUT2D eigenvalue weighted by atomic mass is 35.5. The van der Waals surface area contributed by atoms with E-state index in [4.69, 9.17) is 17.3 Å². The summed E-state index contributed by atoms with van der Waals surface area (Å²) in [5.41, 5.74) is 5.61. The van der Waals surface area contributed by atoms with Crippen molar-refractivity contribution in [1.29, 1.82) is 0 Å². The van der Waals surface area contributed by atoms with Gasteiger partial charge in [0.05, 0.1) is 5.56 Å². The molecule has 8 heteroatoms. The number of carbonyl (C=O) groups is 1. The quantitative estimate of drug-likeness (QED) is 0.789. The van der Waals surface area contributed by atoms with Crippen molar-refractivity contribution in [2.75, 3.05) is 44.6 Å². The molecule has 4 rings (SSSR count). The normalized spacial score (nSPS) is 28.4. The molecule has 3 saturated heterocycles. The predicted octanol–water partition coefficient (Wildman–Crippen LogP) is -0.359. The highest BCUT2D eigenvalue weighted by molar-refractivity contribution is 6.29. The van der Waals surface area contributed by atoms with Crippen LogP contribution in [0.1, 0.15) is 10.4 Å². The van der Waals surface area contributed by atoms with Crippen LogP contribution in [0, 0.1) is 0 Å². The fourth-order valence-corrected chi connectivity index (χ4v) is 2.97. The molecule has 1 aromatic heterocycles. The molecule has 0 saturated carbocycles. The molecular weight excluding hydrogens is 280 g/mol. The number of amides is 1. The van der Waals surface area contributed by atoms with E-state index < -0.39 is 5.91 Å². The average molecular weight is 297 g/mol. The summed E-state index contributed by atoms with van der Waals surface area (Å²) in [6.07, 6.45) is 0. The van der Waals surface area contributed by atoms with Crippen LogP contribution < -0.4 is 11.1 Å². The van der Waals surface area contributed by atoms with Crippen molar-refractivity contribution in [3.05, 3.63) is 16.8 Å². The number of carbonyl (C=O) groups excluding carboxylic acids is 1. The minimum Gasteiger partial charge on any atom is -0.366 e. The van der Waals surface area contributed by atoms with Crippen LogP contribution in [0.3, 0.4) is 0 Å². The summed E-state index contributed by atoms with van der Waals surface area (Å²) in [6, 6.07) is 1.87. The number of primary amides is 1. The largest absolute Gasteiger partial charge is 0.366 e. The second-order valence-electron chi connectivity index (χ2n) is 5.16. The van der Waals surface area contributed by atoms with Gasteiger partial charge in [0.1, 0.15) is 0 Å². The Labute approximate surface area is 122 Å². The molecule has 0 aliphatic carbocycles. The molecule has 0 radical (unpaired) electrons. The lowest BCUT2D eigenvalue weighted by Crippen LogP contribution is -2.62. The summed E-state index contributed by atoms with van der Waals surface area (Å²) in [4.78, 5) is 16.3. The number of rotatable bonds is 4. The molecule has 1 unspecified atom stereocenters. The van der Waals surface area contributed by atoms with Gasteiger partial charge < -0.3 is 11.1 Å². The molecule has 4 heterocycles. The zero-order chi connectivity index (χ0) is 14.1. The van der Waals surface area contributed by atoms with Gasteiger partial charge in [0.2, 0.25) is 0 Å². The van der Waals surface area contributed by atoms with Crippen LogP contribution >= 0.6 is 11.6 Å². The maximum Gasteiger partial charge on any atom is 0.252 e. The van der Waals surface area contributed by atoms with E-state index in [0.29, 0.717) is 18.4 Å². The number of hydrogen-bond acceptors (Lipinski definition) is 6. The number of nitrogens with zero attached hydrogens (tertiary/aromatic N) is 4. The molecular formula is C12H17ClN6O. The number of piperazine rings is 3. The second kappa shape index (κ2) is 5.51. The topological polar surface area (TPSA) is 87.4 Å². The molecule has 1 aromatic rings. The number of nitrogens with two attached hydrogens (primary N) is 1. The van der Waals surface area contributed by atoms with Gasteiger partial charge in [-0.25, -0.2) is 0 Å². The first kappa shape index (κ1) is 13.5. The summed E-state index contributed by atoms with van der Waals surface area (Å²) < 4.78 is 0. The number of aromatic nitrogens is 2. The summed E-state index contributed by atoms with van der Waals surface area (Å²) in [5, 5.41) is 11.0. The van der Waals surface area contributed by atoms with E-state index in [1.54, 1.807) is 0 Å². The fourth-order valence-electron chi connectivity index (χ4n) is 2.82. The van der Waals surface area contributed by atoms with Crippen molar-refractivity contribution >= 4 is 23.3 Å². The molecule has 3 aliphatic rings. The number of hydrogen-bond donors (Lipinski definition) is 2. The van der Waals surface area contributed by atoms with Gasteiger partial charge in [-0.05, 0) is 6.07 Å². The summed E-state index contributed by atoms with van der Waals surface area (Å²) in [6.45, 7) is 6.24. The first-order chi connectivity index (χ1) is 9.63. The third kappa shape index (κ3) is 2.70. The number of fused-ring (bicyclic) bond motifs is 3. The smallest absolute Gasteiger partial charge is 0.252 e. The first-order valence-electron chi connectivity index (χ1n) is 6.67. The van der Waals surface area contributed by atoms with E-state index >= 15 is 0 Å². The van der Waals surface area contributed by atoms with Crippen molar-refractivity contribution in [3.8, 4) is 0 Å². The first-order valence-corrected chi connectivity index (χ1v) is 7.04. The Bertz CT molecular complexity index is 517. The van der Waals surface area contributed by atoms with Gasteiger partial charge >= 0.3 is 0 Å². The Morgan fingerprint density at radius 1 is 1.40 bits per heavy atom. The van der Waals surface area contributed by atoms with Crippen molar-refractivity contribution in [2.45, 2.75) is 6.04 Å². The van der Waals surface area contributed by atoms with Crippen LogP contribution in [-0.4, -0.2) is 71.2 Å². The number of anilines is 1. The fraction of sp³-hybridized carbons (Fsp3) is 0.583. The monoisotopic (exact) mass is 296 g/mol. The second-order valence-corrected chi connectivity index (χ2v) is 5.55. The lowest BCUT2D eigenvalue weighted by molar-refractivity contribution is 0.0189. The van der Waals surface area contributed by atoms with Crippen LogP contribution in [0.2, 0.25) is 5.15 Å². The van der Waals surface area contributed by atoms with Crippen molar-refractivity contribution in [2.24, 2.45) is 5.73 Å². The van der Waals surface area contributed by atoms with Crippen LogP contribution in [0.15, 0.2) is 6.07 Å². The van der Waals surface area contributed by atoms with E-state index in [2.05, 4.69) is 25.3 Å². The third-order valence-corrected chi connectivity index (χ3v) is 4.11. The Balaban J connectivity index is 1.68. The minimum atomic E-state index is -0.557. The van der Waals surface area contributed by atoms with E-state index in [-0.39, 0.29) is 10.7 Å². The molecule has 1 atom stereocenters. The van der Waals surface area contributed by atoms with Crippen LogP contribution in [0.5, 0.6) is 0 Å². The molecule has 7 nitrogen and oxygen atoms in total. The summed E-state index contributed by atoms with van der Waals surface area (Å²) >= 11 is 5.74. The predicted molar refractivity (Wildman–Crippen MR) is 75.9 cm³/mol. The lowest BCUT2D eigenvalue weighted by Gasteiger charge is -2.47. The standard InChI is InChI=1S/C12H17ClN6O/c13-10-5-9(11(14)20)12(17-16-10)15-6-8-7-18-1-3-19(8)4-2-18/h5,8H,1-4,6-7H2,(H2,14,20)(H,15,17). The Hall–Kier alpha value is -1.44. The van der Waals surface area contributed by atoms with Crippen molar-refractivity contribution in [1.82, 2.24) is 20.0 Å². The van der Waals surface area contributed by atoms with E-state index in [1.165, 1.54) is 6.07 Å². The summed E-state index contributed by atoms with van der Waals surface area (Å²) in [5.74, 6) is -0.155. The Morgan fingerprint density at radius 3 is 2.75 bits per heavy atom. The van der Waals surface area contributed by atoms with Gasteiger partial charge in [-0.15, -0.1) is 10.2 Å². The van der Waals surface area contributed by atoms with E-state index in [0.717, 1.165) is 32.7 Å².